The molecule has 2 aromatic rings. The SMILES string of the molecule is COc1nc(NN)nc(Nc2ccc(Br)c(F)c2)n1. The fourth-order valence-corrected chi connectivity index (χ4v) is 1.52. The molecule has 4 N–H and O–H groups in total. The van der Waals surface area contributed by atoms with E-state index in [-0.39, 0.29) is 17.9 Å². The molecule has 0 amide bonds. The molecule has 2 rings (SSSR count). The van der Waals surface area contributed by atoms with Crippen molar-refractivity contribution in [1.29, 1.82) is 0 Å². The van der Waals surface area contributed by atoms with Gasteiger partial charge in [-0.3, -0.25) is 5.43 Å². The second-order valence-corrected chi connectivity index (χ2v) is 4.22. The van der Waals surface area contributed by atoms with Crippen molar-refractivity contribution in [1.82, 2.24) is 15.0 Å². The number of anilines is 3. The number of rotatable bonds is 4. The summed E-state index contributed by atoms with van der Waals surface area (Å²) >= 11 is 3.07. The van der Waals surface area contributed by atoms with Gasteiger partial charge in [0.15, 0.2) is 0 Å². The Hall–Kier alpha value is -2.00. The normalized spacial score (nSPS) is 10.1. The van der Waals surface area contributed by atoms with Crippen LogP contribution in [0.3, 0.4) is 0 Å². The maximum absolute atomic E-state index is 13.4. The minimum Gasteiger partial charge on any atom is -0.467 e. The number of nitrogens with zero attached hydrogens (tertiary/aromatic N) is 3. The predicted octanol–water partition coefficient (Wildman–Crippen LogP) is 1.81. The summed E-state index contributed by atoms with van der Waals surface area (Å²) in [5, 5.41) is 2.82. The van der Waals surface area contributed by atoms with Crippen LogP contribution in [0.5, 0.6) is 6.01 Å². The Kier molecular flexibility index (Phi) is 4.07. The van der Waals surface area contributed by atoms with Gasteiger partial charge in [0.05, 0.1) is 11.6 Å². The molecule has 0 aliphatic carbocycles. The maximum atomic E-state index is 13.4. The first-order valence-corrected chi connectivity index (χ1v) is 5.90. The third kappa shape index (κ3) is 3.26. The van der Waals surface area contributed by atoms with E-state index < -0.39 is 5.82 Å². The predicted molar refractivity (Wildman–Crippen MR) is 71.6 cm³/mol. The Morgan fingerprint density at radius 3 is 2.63 bits per heavy atom. The first-order chi connectivity index (χ1) is 9.12. The Balaban J connectivity index is 2.29. The van der Waals surface area contributed by atoms with Crippen LogP contribution in [0.15, 0.2) is 22.7 Å². The van der Waals surface area contributed by atoms with Gasteiger partial charge >= 0.3 is 6.01 Å². The number of nitrogen functional groups attached to an aromatic ring is 1. The molecule has 1 aromatic carbocycles. The molecule has 0 aliphatic heterocycles. The molecule has 100 valence electrons. The van der Waals surface area contributed by atoms with Gasteiger partial charge in [-0.15, -0.1) is 0 Å². The van der Waals surface area contributed by atoms with E-state index in [9.17, 15) is 4.39 Å². The summed E-state index contributed by atoms with van der Waals surface area (Å²) in [5.41, 5.74) is 2.77. The quantitative estimate of drug-likeness (QED) is 0.581. The zero-order valence-corrected chi connectivity index (χ0v) is 11.4. The van der Waals surface area contributed by atoms with Crippen LogP contribution in [0.25, 0.3) is 0 Å². The lowest BCUT2D eigenvalue weighted by molar-refractivity contribution is 0.379. The van der Waals surface area contributed by atoms with Crippen LogP contribution in [0.2, 0.25) is 0 Å². The number of nitrogens with two attached hydrogens (primary N) is 1. The van der Waals surface area contributed by atoms with Crippen molar-refractivity contribution in [3.05, 3.63) is 28.5 Å². The Labute approximate surface area is 116 Å². The van der Waals surface area contributed by atoms with Crippen LogP contribution < -0.4 is 21.3 Å². The first kappa shape index (κ1) is 13.4. The van der Waals surface area contributed by atoms with Crippen LogP contribution in [-0.4, -0.2) is 22.1 Å². The fraction of sp³-hybridized carbons (Fsp3) is 0.100. The second-order valence-electron chi connectivity index (χ2n) is 3.37. The van der Waals surface area contributed by atoms with Gasteiger partial charge in [-0.1, -0.05) is 0 Å². The van der Waals surface area contributed by atoms with Gasteiger partial charge in [-0.05, 0) is 34.1 Å². The monoisotopic (exact) mass is 328 g/mol. The van der Waals surface area contributed by atoms with E-state index in [1.807, 2.05) is 0 Å². The topological polar surface area (TPSA) is 98.0 Å². The molecule has 0 unspecified atom stereocenters. The van der Waals surface area contributed by atoms with Crippen LogP contribution in [0, 0.1) is 5.82 Å². The lowest BCUT2D eigenvalue weighted by atomic mass is 10.3. The molecule has 0 bridgehead atoms. The summed E-state index contributed by atoms with van der Waals surface area (Å²) in [6.45, 7) is 0. The summed E-state index contributed by atoms with van der Waals surface area (Å²) in [6.07, 6.45) is 0. The van der Waals surface area contributed by atoms with E-state index in [4.69, 9.17) is 10.6 Å². The number of hydrogen-bond donors (Lipinski definition) is 3. The fourth-order valence-electron chi connectivity index (χ4n) is 1.27. The van der Waals surface area contributed by atoms with E-state index >= 15 is 0 Å². The minimum atomic E-state index is -0.400. The van der Waals surface area contributed by atoms with Crippen LogP contribution in [0.1, 0.15) is 0 Å². The summed E-state index contributed by atoms with van der Waals surface area (Å²) in [4.78, 5) is 11.8. The molecule has 19 heavy (non-hydrogen) atoms. The van der Waals surface area contributed by atoms with Crippen molar-refractivity contribution in [2.75, 3.05) is 17.9 Å². The molecule has 0 spiro atoms. The molecule has 7 nitrogen and oxygen atoms in total. The highest BCUT2D eigenvalue weighted by Gasteiger charge is 2.07. The molecule has 0 saturated carbocycles. The number of nitrogens with one attached hydrogen (secondary N) is 2. The van der Waals surface area contributed by atoms with E-state index in [0.29, 0.717) is 10.2 Å². The van der Waals surface area contributed by atoms with E-state index in [2.05, 4.69) is 41.6 Å². The molecule has 9 heteroatoms. The lowest BCUT2D eigenvalue weighted by Crippen LogP contribution is -2.13. The molecule has 0 fully saturated rings. The average Bonchev–Trinajstić information content (AvgIpc) is 2.42. The van der Waals surface area contributed by atoms with Crippen molar-refractivity contribution < 1.29 is 9.13 Å². The van der Waals surface area contributed by atoms with Gasteiger partial charge in [-0.25, -0.2) is 10.2 Å². The van der Waals surface area contributed by atoms with E-state index in [0.717, 1.165) is 0 Å². The van der Waals surface area contributed by atoms with Crippen LogP contribution >= 0.6 is 15.9 Å². The van der Waals surface area contributed by atoms with E-state index in [1.165, 1.54) is 13.2 Å². The highest BCUT2D eigenvalue weighted by atomic mass is 79.9. The first-order valence-electron chi connectivity index (χ1n) is 5.11. The number of hydrazine groups is 1. The molecule has 0 atom stereocenters. The largest absolute Gasteiger partial charge is 0.467 e. The van der Waals surface area contributed by atoms with Crippen molar-refractivity contribution >= 4 is 33.5 Å². The Bertz CT molecular complexity index is 574. The van der Waals surface area contributed by atoms with Crippen molar-refractivity contribution in [2.45, 2.75) is 0 Å². The number of halogens is 2. The van der Waals surface area contributed by atoms with Crippen molar-refractivity contribution in [3.8, 4) is 6.01 Å². The highest BCUT2D eigenvalue weighted by Crippen LogP contribution is 2.22. The summed E-state index contributed by atoms with van der Waals surface area (Å²) in [7, 11) is 1.42. The standard InChI is InChI=1S/C10H10BrFN6O/c1-19-10-16-8(15-9(17-10)18-13)14-5-2-3-6(11)7(12)4-5/h2-4H,13H2,1H3,(H2,14,15,16,17,18). The molecule has 0 radical (unpaired) electrons. The molecule has 1 aromatic heterocycles. The molecule has 0 aliphatic rings. The number of hydrogen-bond acceptors (Lipinski definition) is 7. The lowest BCUT2D eigenvalue weighted by Gasteiger charge is -2.08. The van der Waals surface area contributed by atoms with Crippen LogP contribution in [0.4, 0.5) is 22.0 Å². The van der Waals surface area contributed by atoms with Crippen molar-refractivity contribution in [2.24, 2.45) is 5.84 Å². The number of methoxy groups -OCH3 is 1. The average molecular weight is 329 g/mol. The Morgan fingerprint density at radius 1 is 1.26 bits per heavy atom. The zero-order valence-electron chi connectivity index (χ0n) is 9.82. The van der Waals surface area contributed by atoms with Gasteiger partial charge in [0, 0.05) is 5.69 Å². The van der Waals surface area contributed by atoms with Gasteiger partial charge < -0.3 is 10.1 Å². The third-order valence-corrected chi connectivity index (χ3v) is 2.75. The number of aromatic nitrogens is 3. The maximum Gasteiger partial charge on any atom is 0.322 e. The van der Waals surface area contributed by atoms with E-state index in [1.54, 1.807) is 12.1 Å². The summed E-state index contributed by atoms with van der Waals surface area (Å²) < 4.78 is 18.6. The smallest absolute Gasteiger partial charge is 0.322 e. The molecule has 0 saturated heterocycles. The molecular weight excluding hydrogens is 319 g/mol. The molecule has 1 heterocycles. The summed E-state index contributed by atoms with van der Waals surface area (Å²) in [6, 6.07) is 4.62. The van der Waals surface area contributed by atoms with Gasteiger partial charge in [-0.2, -0.15) is 15.0 Å². The summed E-state index contributed by atoms with van der Waals surface area (Å²) in [5.74, 6) is 5.14. The number of ether oxygens (including phenoxy) is 1. The van der Waals surface area contributed by atoms with Gasteiger partial charge in [0.25, 0.3) is 0 Å². The third-order valence-electron chi connectivity index (χ3n) is 2.10. The molecular formula is C10H10BrFN6O. The Morgan fingerprint density at radius 2 is 2.00 bits per heavy atom. The van der Waals surface area contributed by atoms with Crippen LogP contribution in [-0.2, 0) is 0 Å². The second kappa shape index (κ2) is 5.76. The highest BCUT2D eigenvalue weighted by molar-refractivity contribution is 9.10. The van der Waals surface area contributed by atoms with Gasteiger partial charge in [0.1, 0.15) is 5.82 Å². The van der Waals surface area contributed by atoms with Gasteiger partial charge in [0.2, 0.25) is 11.9 Å². The van der Waals surface area contributed by atoms with Crippen molar-refractivity contribution in [3.63, 3.8) is 0 Å². The zero-order chi connectivity index (χ0) is 13.8. The minimum absolute atomic E-state index is 0.0861. The number of benzene rings is 1.